The molecule has 6 heteroatoms. The first-order chi connectivity index (χ1) is 11.2. The van der Waals surface area contributed by atoms with Crippen LogP contribution in [0.15, 0.2) is 30.6 Å². The van der Waals surface area contributed by atoms with Crippen LogP contribution in [0, 0.1) is 0 Å². The van der Waals surface area contributed by atoms with Gasteiger partial charge >= 0.3 is 0 Å². The zero-order valence-corrected chi connectivity index (χ0v) is 13.3. The lowest BCUT2D eigenvalue weighted by Gasteiger charge is -2.12. The molecule has 0 aliphatic carbocycles. The van der Waals surface area contributed by atoms with Crippen molar-refractivity contribution in [1.82, 2.24) is 14.5 Å². The van der Waals surface area contributed by atoms with Crippen LogP contribution in [0.1, 0.15) is 22.7 Å². The van der Waals surface area contributed by atoms with E-state index in [4.69, 9.17) is 10.7 Å². The Bertz CT molecular complexity index is 882. The zero-order valence-electron chi connectivity index (χ0n) is 13.3. The minimum Gasteiger partial charge on any atom is -0.371 e. The number of imidazole rings is 1. The average Bonchev–Trinajstić information content (AvgIpc) is 3.17. The van der Waals surface area contributed by atoms with Crippen molar-refractivity contribution in [3.05, 3.63) is 47.3 Å². The Kier molecular flexibility index (Phi) is 3.20. The summed E-state index contributed by atoms with van der Waals surface area (Å²) < 4.78 is 2.07. The quantitative estimate of drug-likeness (QED) is 0.691. The van der Waals surface area contributed by atoms with Crippen LogP contribution < -0.4 is 16.4 Å². The first-order valence-corrected chi connectivity index (χ1v) is 7.78. The van der Waals surface area contributed by atoms with Crippen LogP contribution in [0.5, 0.6) is 0 Å². The number of pyridine rings is 1. The predicted molar refractivity (Wildman–Crippen MR) is 92.5 cm³/mol. The Morgan fingerprint density at radius 2 is 2.30 bits per heavy atom. The van der Waals surface area contributed by atoms with Crippen molar-refractivity contribution in [2.24, 2.45) is 12.8 Å². The van der Waals surface area contributed by atoms with Gasteiger partial charge < -0.3 is 20.9 Å². The molecule has 4 rings (SSSR count). The van der Waals surface area contributed by atoms with Gasteiger partial charge in [-0.2, -0.15) is 0 Å². The fourth-order valence-corrected chi connectivity index (χ4v) is 3.35. The minimum absolute atomic E-state index is 0.217. The molecule has 0 bridgehead atoms. The van der Waals surface area contributed by atoms with Crippen LogP contribution in [-0.4, -0.2) is 21.6 Å². The standard InChI is InChI=1S/C17H20N6/c1-19-17-14-15(23(2)9-20-14)12-7-13(21-16(12)22-17)11-5-3-4-10(6-11)8-18/h3-6,9,13H,7-8,18H2,1-2H3,(H2,19,21,22). The van der Waals surface area contributed by atoms with Crippen LogP contribution in [0.2, 0.25) is 0 Å². The molecule has 1 aliphatic rings. The third-order valence-electron chi connectivity index (χ3n) is 4.50. The maximum Gasteiger partial charge on any atom is 0.156 e. The molecule has 4 N–H and O–H groups in total. The number of nitrogens with zero attached hydrogens (tertiary/aromatic N) is 3. The van der Waals surface area contributed by atoms with Crippen LogP contribution in [0.3, 0.4) is 0 Å². The summed E-state index contributed by atoms with van der Waals surface area (Å²) in [6, 6.07) is 8.65. The number of aryl methyl sites for hydroxylation is 1. The molecule has 3 heterocycles. The molecule has 1 atom stereocenters. The largest absolute Gasteiger partial charge is 0.371 e. The summed E-state index contributed by atoms with van der Waals surface area (Å²) in [7, 11) is 3.90. The summed E-state index contributed by atoms with van der Waals surface area (Å²) in [5.74, 6) is 1.75. The molecule has 0 fully saturated rings. The van der Waals surface area contributed by atoms with E-state index >= 15 is 0 Å². The minimum atomic E-state index is 0.217. The van der Waals surface area contributed by atoms with E-state index in [0.29, 0.717) is 6.54 Å². The second-order valence-electron chi connectivity index (χ2n) is 5.94. The summed E-state index contributed by atoms with van der Waals surface area (Å²) in [6.07, 6.45) is 2.74. The number of hydrogen-bond donors (Lipinski definition) is 3. The molecule has 23 heavy (non-hydrogen) atoms. The van der Waals surface area contributed by atoms with E-state index in [-0.39, 0.29) is 6.04 Å². The van der Waals surface area contributed by atoms with Gasteiger partial charge in [0.2, 0.25) is 0 Å². The van der Waals surface area contributed by atoms with Crippen molar-refractivity contribution in [2.45, 2.75) is 19.0 Å². The summed E-state index contributed by atoms with van der Waals surface area (Å²) in [6.45, 7) is 0.557. The third kappa shape index (κ3) is 2.14. The molecule has 0 saturated heterocycles. The zero-order chi connectivity index (χ0) is 16.0. The maximum atomic E-state index is 5.77. The molecule has 1 aliphatic heterocycles. The van der Waals surface area contributed by atoms with Gasteiger partial charge in [0.25, 0.3) is 0 Å². The van der Waals surface area contributed by atoms with Gasteiger partial charge in [0.15, 0.2) is 5.82 Å². The monoisotopic (exact) mass is 308 g/mol. The van der Waals surface area contributed by atoms with Gasteiger partial charge in [-0.15, -0.1) is 0 Å². The van der Waals surface area contributed by atoms with Gasteiger partial charge in [-0.05, 0) is 11.1 Å². The number of anilines is 2. The molecule has 3 aromatic rings. The van der Waals surface area contributed by atoms with Crippen LogP contribution in [0.25, 0.3) is 11.0 Å². The van der Waals surface area contributed by atoms with Crippen molar-refractivity contribution in [2.75, 3.05) is 17.7 Å². The summed E-state index contributed by atoms with van der Waals surface area (Å²) in [5.41, 5.74) is 11.4. The van der Waals surface area contributed by atoms with Crippen LogP contribution in [0.4, 0.5) is 11.6 Å². The van der Waals surface area contributed by atoms with Crippen molar-refractivity contribution >= 4 is 22.7 Å². The molecular weight excluding hydrogens is 288 g/mol. The van der Waals surface area contributed by atoms with Crippen molar-refractivity contribution < 1.29 is 0 Å². The molecule has 0 saturated carbocycles. The van der Waals surface area contributed by atoms with Crippen LogP contribution in [-0.2, 0) is 20.0 Å². The highest BCUT2D eigenvalue weighted by molar-refractivity contribution is 5.92. The molecule has 1 aromatic carbocycles. The lowest BCUT2D eigenvalue weighted by Crippen LogP contribution is -2.07. The van der Waals surface area contributed by atoms with E-state index < -0.39 is 0 Å². The van der Waals surface area contributed by atoms with E-state index in [1.54, 1.807) is 0 Å². The van der Waals surface area contributed by atoms with Gasteiger partial charge in [0.05, 0.1) is 17.9 Å². The second kappa shape index (κ2) is 5.24. The number of benzene rings is 1. The molecule has 118 valence electrons. The van der Waals surface area contributed by atoms with Crippen molar-refractivity contribution in [3.8, 4) is 0 Å². The Morgan fingerprint density at radius 3 is 3.09 bits per heavy atom. The number of fused-ring (bicyclic) bond motifs is 3. The lowest BCUT2D eigenvalue weighted by molar-refractivity contribution is 0.818. The SMILES string of the molecule is CNc1nc2c(c3c1ncn3C)CC(c1cccc(CN)c1)N2. The van der Waals surface area contributed by atoms with E-state index in [1.165, 1.54) is 11.1 Å². The summed E-state index contributed by atoms with van der Waals surface area (Å²) in [4.78, 5) is 9.19. The van der Waals surface area contributed by atoms with Crippen LogP contribution >= 0.6 is 0 Å². The molecule has 0 spiro atoms. The van der Waals surface area contributed by atoms with Gasteiger partial charge in [-0.25, -0.2) is 9.97 Å². The Morgan fingerprint density at radius 1 is 1.43 bits per heavy atom. The highest BCUT2D eigenvalue weighted by Gasteiger charge is 2.28. The topological polar surface area (TPSA) is 80.8 Å². The second-order valence-corrected chi connectivity index (χ2v) is 5.94. The molecular formula is C17H20N6. The van der Waals surface area contributed by atoms with Gasteiger partial charge in [-0.1, -0.05) is 24.3 Å². The third-order valence-corrected chi connectivity index (χ3v) is 4.50. The number of aromatic nitrogens is 3. The molecule has 0 amide bonds. The van der Waals surface area contributed by atoms with E-state index in [9.17, 15) is 0 Å². The first-order valence-electron chi connectivity index (χ1n) is 7.78. The Balaban J connectivity index is 1.80. The fraction of sp³-hybridized carbons (Fsp3) is 0.294. The number of hydrogen-bond acceptors (Lipinski definition) is 5. The van der Waals surface area contributed by atoms with E-state index in [1.807, 2.05) is 20.4 Å². The van der Waals surface area contributed by atoms with Gasteiger partial charge in [-0.3, -0.25) is 0 Å². The molecule has 0 radical (unpaired) electrons. The van der Waals surface area contributed by atoms with Crippen molar-refractivity contribution in [1.29, 1.82) is 0 Å². The number of nitrogens with two attached hydrogens (primary N) is 1. The number of rotatable bonds is 3. The molecule has 1 unspecified atom stereocenters. The fourth-order valence-electron chi connectivity index (χ4n) is 3.35. The number of nitrogens with one attached hydrogen (secondary N) is 2. The highest BCUT2D eigenvalue weighted by atomic mass is 15.1. The maximum absolute atomic E-state index is 5.77. The molecule has 6 nitrogen and oxygen atoms in total. The average molecular weight is 308 g/mol. The Labute approximate surface area is 134 Å². The Hall–Kier alpha value is -2.60. The smallest absolute Gasteiger partial charge is 0.156 e. The predicted octanol–water partition coefficient (Wildman–Crippen LogP) is 2.18. The van der Waals surface area contributed by atoms with Gasteiger partial charge in [0, 0.05) is 32.6 Å². The van der Waals surface area contributed by atoms with E-state index in [0.717, 1.165) is 34.7 Å². The first kappa shape index (κ1) is 14.0. The normalized spacial score (nSPS) is 16.4. The lowest BCUT2D eigenvalue weighted by atomic mass is 10.0. The van der Waals surface area contributed by atoms with E-state index in [2.05, 4.69) is 44.5 Å². The summed E-state index contributed by atoms with van der Waals surface area (Å²) in [5, 5.41) is 6.70. The van der Waals surface area contributed by atoms with Gasteiger partial charge in [0.1, 0.15) is 11.3 Å². The highest BCUT2D eigenvalue weighted by Crippen LogP contribution is 2.39. The molecule has 2 aromatic heterocycles. The van der Waals surface area contributed by atoms with Crippen molar-refractivity contribution in [3.63, 3.8) is 0 Å². The summed E-state index contributed by atoms with van der Waals surface area (Å²) >= 11 is 0.